The van der Waals surface area contributed by atoms with Crippen molar-refractivity contribution >= 4 is 27.3 Å². The molecule has 3 N–H and O–H groups in total. The Morgan fingerprint density at radius 1 is 1.38 bits per heavy atom. The molecule has 0 aliphatic carbocycles. The largest absolute Gasteiger partial charge is 0.399 e. The van der Waals surface area contributed by atoms with Crippen LogP contribution < -0.4 is 11.1 Å². The number of hydrogen-bond donors (Lipinski definition) is 2. The lowest BCUT2D eigenvalue weighted by Gasteiger charge is -2.28. The van der Waals surface area contributed by atoms with Crippen LogP contribution in [-0.2, 0) is 0 Å². The van der Waals surface area contributed by atoms with Crippen molar-refractivity contribution in [1.29, 1.82) is 0 Å². The molecule has 1 aromatic rings. The van der Waals surface area contributed by atoms with Crippen molar-refractivity contribution in [2.45, 2.75) is 27.7 Å². The summed E-state index contributed by atoms with van der Waals surface area (Å²) in [5.74, 6) is 0.608. The average Bonchev–Trinajstić information content (AvgIpc) is 2.14. The summed E-state index contributed by atoms with van der Waals surface area (Å²) in [5.41, 5.74) is 7.90. The number of anilines is 2. The first kappa shape index (κ1) is 13.4. The first-order chi connectivity index (χ1) is 7.30. The molecule has 1 aromatic carbocycles. The lowest BCUT2D eigenvalue weighted by Crippen LogP contribution is -2.24. The van der Waals surface area contributed by atoms with Crippen LogP contribution in [0.25, 0.3) is 0 Å². The van der Waals surface area contributed by atoms with Crippen LogP contribution in [0.2, 0.25) is 0 Å². The Bertz CT molecular complexity index is 355. The van der Waals surface area contributed by atoms with E-state index in [1.54, 1.807) is 0 Å². The lowest BCUT2D eigenvalue weighted by atomic mass is 9.82. The van der Waals surface area contributed by atoms with Gasteiger partial charge in [-0.3, -0.25) is 0 Å². The smallest absolute Gasteiger partial charge is 0.0486 e. The van der Waals surface area contributed by atoms with Crippen LogP contribution in [0.1, 0.15) is 27.7 Å². The van der Waals surface area contributed by atoms with Crippen molar-refractivity contribution in [2.24, 2.45) is 11.3 Å². The topological polar surface area (TPSA) is 38.0 Å². The number of nitrogen functional groups attached to an aromatic ring is 1. The standard InChI is InChI=1S/C13H21BrN2/c1-9(13(2,3)4)8-16-12-6-5-10(15)7-11(12)14/h5-7,9,16H,8,15H2,1-4H3. The minimum absolute atomic E-state index is 0.327. The van der Waals surface area contributed by atoms with Crippen LogP contribution in [0, 0.1) is 11.3 Å². The van der Waals surface area contributed by atoms with E-state index in [0.29, 0.717) is 11.3 Å². The normalized spacial score (nSPS) is 13.6. The summed E-state index contributed by atoms with van der Waals surface area (Å²) in [4.78, 5) is 0. The highest BCUT2D eigenvalue weighted by atomic mass is 79.9. The number of hydrogen-bond acceptors (Lipinski definition) is 2. The summed E-state index contributed by atoms with van der Waals surface area (Å²) in [7, 11) is 0. The van der Waals surface area contributed by atoms with E-state index >= 15 is 0 Å². The molecule has 0 fully saturated rings. The number of nitrogens with one attached hydrogen (secondary N) is 1. The van der Waals surface area contributed by atoms with Crippen LogP contribution in [0.4, 0.5) is 11.4 Å². The van der Waals surface area contributed by atoms with E-state index in [-0.39, 0.29) is 0 Å². The van der Waals surface area contributed by atoms with Crippen LogP contribution in [0.5, 0.6) is 0 Å². The van der Waals surface area contributed by atoms with Crippen molar-refractivity contribution in [1.82, 2.24) is 0 Å². The van der Waals surface area contributed by atoms with E-state index in [1.165, 1.54) is 0 Å². The first-order valence-electron chi connectivity index (χ1n) is 5.59. The molecule has 0 bridgehead atoms. The van der Waals surface area contributed by atoms with E-state index in [0.717, 1.165) is 22.4 Å². The van der Waals surface area contributed by atoms with Gasteiger partial charge in [-0.2, -0.15) is 0 Å². The molecule has 0 heterocycles. The maximum absolute atomic E-state index is 5.69. The molecule has 16 heavy (non-hydrogen) atoms. The molecule has 0 spiro atoms. The molecular weight excluding hydrogens is 264 g/mol. The van der Waals surface area contributed by atoms with Crippen molar-refractivity contribution in [3.63, 3.8) is 0 Å². The van der Waals surface area contributed by atoms with Crippen LogP contribution in [0.15, 0.2) is 22.7 Å². The summed E-state index contributed by atoms with van der Waals surface area (Å²) in [5, 5.41) is 3.44. The number of halogens is 1. The zero-order valence-electron chi connectivity index (χ0n) is 10.5. The van der Waals surface area contributed by atoms with E-state index in [1.807, 2.05) is 18.2 Å². The van der Waals surface area contributed by atoms with Gasteiger partial charge in [-0.1, -0.05) is 27.7 Å². The molecule has 1 unspecified atom stereocenters. The SMILES string of the molecule is CC(CNc1ccc(N)cc1Br)C(C)(C)C. The van der Waals surface area contributed by atoms with Crippen molar-refractivity contribution in [3.8, 4) is 0 Å². The van der Waals surface area contributed by atoms with Gasteiger partial charge in [0, 0.05) is 22.4 Å². The van der Waals surface area contributed by atoms with E-state index in [2.05, 4.69) is 48.9 Å². The predicted molar refractivity (Wildman–Crippen MR) is 75.7 cm³/mol. The van der Waals surface area contributed by atoms with Gasteiger partial charge in [0.25, 0.3) is 0 Å². The minimum atomic E-state index is 0.327. The molecule has 3 heteroatoms. The molecule has 1 rings (SSSR count). The van der Waals surface area contributed by atoms with Gasteiger partial charge in [0.05, 0.1) is 0 Å². The van der Waals surface area contributed by atoms with Gasteiger partial charge in [-0.05, 0) is 45.5 Å². The Morgan fingerprint density at radius 3 is 2.50 bits per heavy atom. The molecule has 1 atom stereocenters. The zero-order valence-corrected chi connectivity index (χ0v) is 12.1. The molecule has 0 aliphatic rings. The molecule has 0 radical (unpaired) electrons. The summed E-state index contributed by atoms with van der Waals surface area (Å²) < 4.78 is 1.02. The van der Waals surface area contributed by atoms with E-state index in [4.69, 9.17) is 5.73 Å². The average molecular weight is 285 g/mol. The van der Waals surface area contributed by atoms with Crippen LogP contribution in [0.3, 0.4) is 0 Å². The number of nitrogens with two attached hydrogens (primary N) is 1. The van der Waals surface area contributed by atoms with Crippen molar-refractivity contribution < 1.29 is 0 Å². The van der Waals surface area contributed by atoms with Crippen LogP contribution in [-0.4, -0.2) is 6.54 Å². The highest BCUT2D eigenvalue weighted by Crippen LogP contribution is 2.28. The molecular formula is C13H21BrN2. The summed E-state index contributed by atoms with van der Waals surface area (Å²) in [6, 6.07) is 5.84. The van der Waals surface area contributed by atoms with Crippen LogP contribution >= 0.6 is 15.9 Å². The van der Waals surface area contributed by atoms with Gasteiger partial charge in [0.2, 0.25) is 0 Å². The molecule has 0 aliphatic heterocycles. The van der Waals surface area contributed by atoms with Gasteiger partial charge in [0.15, 0.2) is 0 Å². The van der Waals surface area contributed by atoms with E-state index < -0.39 is 0 Å². The second-order valence-electron chi connectivity index (χ2n) is 5.39. The second-order valence-corrected chi connectivity index (χ2v) is 6.24. The van der Waals surface area contributed by atoms with Gasteiger partial charge in [0.1, 0.15) is 0 Å². The Kier molecular flexibility index (Phi) is 4.25. The Labute approximate surface area is 107 Å². The molecule has 0 amide bonds. The van der Waals surface area contributed by atoms with Gasteiger partial charge < -0.3 is 11.1 Å². The third kappa shape index (κ3) is 3.71. The fourth-order valence-corrected chi connectivity index (χ4v) is 1.78. The predicted octanol–water partition coefficient (Wildman–Crippen LogP) is 4.13. The molecule has 0 saturated carbocycles. The fraction of sp³-hybridized carbons (Fsp3) is 0.538. The Morgan fingerprint density at radius 2 is 2.00 bits per heavy atom. The third-order valence-corrected chi connectivity index (χ3v) is 3.73. The minimum Gasteiger partial charge on any atom is -0.399 e. The summed E-state index contributed by atoms with van der Waals surface area (Å²) in [6.07, 6.45) is 0. The second kappa shape index (κ2) is 5.09. The zero-order chi connectivity index (χ0) is 12.3. The number of rotatable bonds is 3. The van der Waals surface area contributed by atoms with Gasteiger partial charge in [-0.25, -0.2) is 0 Å². The summed E-state index contributed by atoms with van der Waals surface area (Å²) in [6.45, 7) is 10.0. The number of benzene rings is 1. The molecule has 0 aromatic heterocycles. The molecule has 90 valence electrons. The summed E-state index contributed by atoms with van der Waals surface area (Å²) >= 11 is 3.51. The molecule has 0 saturated heterocycles. The quantitative estimate of drug-likeness (QED) is 0.820. The first-order valence-corrected chi connectivity index (χ1v) is 6.39. The van der Waals surface area contributed by atoms with E-state index in [9.17, 15) is 0 Å². The Hall–Kier alpha value is -0.700. The van der Waals surface area contributed by atoms with Gasteiger partial charge >= 0.3 is 0 Å². The van der Waals surface area contributed by atoms with Crippen molar-refractivity contribution in [3.05, 3.63) is 22.7 Å². The molecule has 2 nitrogen and oxygen atoms in total. The fourth-order valence-electron chi connectivity index (χ4n) is 1.24. The monoisotopic (exact) mass is 284 g/mol. The highest BCUT2D eigenvalue weighted by Gasteiger charge is 2.19. The maximum Gasteiger partial charge on any atom is 0.0486 e. The lowest BCUT2D eigenvalue weighted by molar-refractivity contribution is 0.274. The Balaban J connectivity index is 2.62. The van der Waals surface area contributed by atoms with Gasteiger partial charge in [-0.15, -0.1) is 0 Å². The van der Waals surface area contributed by atoms with Crippen molar-refractivity contribution in [2.75, 3.05) is 17.6 Å². The third-order valence-electron chi connectivity index (χ3n) is 3.07. The highest BCUT2D eigenvalue weighted by molar-refractivity contribution is 9.10. The maximum atomic E-state index is 5.69.